The smallest absolute Gasteiger partial charge is 0.252 e. The number of primary amides is 1. The van der Waals surface area contributed by atoms with Crippen LogP contribution in [0.5, 0.6) is 11.5 Å². The molecule has 0 spiro atoms. The van der Waals surface area contributed by atoms with Gasteiger partial charge >= 0.3 is 0 Å². The topological polar surface area (TPSA) is 78.3 Å². The van der Waals surface area contributed by atoms with Gasteiger partial charge in [-0.15, -0.1) is 0 Å². The van der Waals surface area contributed by atoms with Gasteiger partial charge in [-0.1, -0.05) is 25.5 Å². The fraction of sp³-hybridized carbons (Fsp3) is 0.235. The van der Waals surface area contributed by atoms with Gasteiger partial charge in [-0.2, -0.15) is 0 Å². The highest BCUT2D eigenvalue weighted by molar-refractivity contribution is 5.96. The molecule has 0 bridgehead atoms. The van der Waals surface area contributed by atoms with E-state index in [1.807, 2.05) is 24.3 Å². The Morgan fingerprint density at radius 2 is 1.86 bits per heavy atom. The number of anilines is 1. The Bertz CT molecular complexity index is 621. The highest BCUT2D eigenvalue weighted by Gasteiger charge is 2.10. The van der Waals surface area contributed by atoms with Crippen molar-refractivity contribution in [1.82, 2.24) is 0 Å². The summed E-state index contributed by atoms with van der Waals surface area (Å²) < 4.78 is 5.73. The molecule has 0 aliphatic heterocycles. The molecule has 0 aromatic heterocycles. The molecule has 2 aromatic carbocycles. The summed E-state index contributed by atoms with van der Waals surface area (Å²) in [4.78, 5) is 11.4. The van der Waals surface area contributed by atoms with Crippen molar-refractivity contribution in [3.63, 3.8) is 0 Å². The van der Waals surface area contributed by atoms with Crippen molar-refractivity contribution in [1.29, 1.82) is 0 Å². The monoisotopic (exact) mass is 284 g/mol. The summed E-state index contributed by atoms with van der Waals surface area (Å²) in [6.07, 6.45) is 3.40. The molecule has 21 heavy (non-hydrogen) atoms. The molecule has 0 saturated heterocycles. The summed E-state index contributed by atoms with van der Waals surface area (Å²) in [6, 6.07) is 12.7. The van der Waals surface area contributed by atoms with Crippen LogP contribution in [0, 0.1) is 0 Å². The maximum atomic E-state index is 11.4. The summed E-state index contributed by atoms with van der Waals surface area (Å²) in [6.45, 7) is 2.17. The normalized spacial score (nSPS) is 10.3. The van der Waals surface area contributed by atoms with Crippen LogP contribution in [0.1, 0.15) is 35.7 Å². The van der Waals surface area contributed by atoms with E-state index in [9.17, 15) is 4.79 Å². The predicted molar refractivity (Wildman–Crippen MR) is 84.5 cm³/mol. The van der Waals surface area contributed by atoms with Crippen LogP contribution >= 0.6 is 0 Å². The zero-order chi connectivity index (χ0) is 15.2. The molecule has 0 radical (unpaired) electrons. The Hall–Kier alpha value is -2.49. The van der Waals surface area contributed by atoms with Crippen LogP contribution in [0.25, 0.3) is 0 Å². The number of benzene rings is 2. The summed E-state index contributed by atoms with van der Waals surface area (Å²) in [7, 11) is 0. The first-order valence-corrected chi connectivity index (χ1v) is 7.06. The molecule has 0 heterocycles. The van der Waals surface area contributed by atoms with Crippen molar-refractivity contribution in [2.24, 2.45) is 5.73 Å². The SMILES string of the molecule is CCCCc1ccc(Oc2ccc(N)cc2C(N)=O)cc1. The molecule has 4 heteroatoms. The molecule has 4 N–H and O–H groups in total. The van der Waals surface area contributed by atoms with Gasteiger partial charge in [0, 0.05) is 5.69 Å². The highest BCUT2D eigenvalue weighted by atomic mass is 16.5. The largest absolute Gasteiger partial charge is 0.457 e. The zero-order valence-electron chi connectivity index (χ0n) is 12.1. The van der Waals surface area contributed by atoms with Crippen LogP contribution < -0.4 is 16.2 Å². The van der Waals surface area contributed by atoms with Gasteiger partial charge in [0.25, 0.3) is 5.91 Å². The van der Waals surface area contributed by atoms with Crippen LogP contribution in [0.2, 0.25) is 0 Å². The van der Waals surface area contributed by atoms with E-state index in [0.29, 0.717) is 17.2 Å². The lowest BCUT2D eigenvalue weighted by Crippen LogP contribution is -2.12. The number of ether oxygens (including phenoxy) is 1. The number of rotatable bonds is 6. The van der Waals surface area contributed by atoms with Crippen molar-refractivity contribution in [2.75, 3.05) is 5.73 Å². The Kier molecular flexibility index (Phi) is 4.82. The van der Waals surface area contributed by atoms with Crippen LogP contribution in [0.15, 0.2) is 42.5 Å². The third-order valence-electron chi connectivity index (χ3n) is 3.24. The molecule has 1 amide bonds. The van der Waals surface area contributed by atoms with Gasteiger partial charge in [0.15, 0.2) is 0 Å². The minimum atomic E-state index is -0.558. The zero-order valence-corrected chi connectivity index (χ0v) is 12.1. The Morgan fingerprint density at radius 3 is 2.48 bits per heavy atom. The second-order valence-electron chi connectivity index (χ2n) is 4.97. The fourth-order valence-corrected chi connectivity index (χ4v) is 2.06. The number of aryl methyl sites for hydroxylation is 1. The lowest BCUT2D eigenvalue weighted by molar-refractivity contribution is 0.0998. The average Bonchev–Trinajstić information content (AvgIpc) is 2.48. The van der Waals surface area contributed by atoms with E-state index < -0.39 is 5.91 Å². The number of hydrogen-bond acceptors (Lipinski definition) is 3. The van der Waals surface area contributed by atoms with Crippen LogP contribution in [0.4, 0.5) is 5.69 Å². The van der Waals surface area contributed by atoms with Crippen molar-refractivity contribution in [2.45, 2.75) is 26.2 Å². The van der Waals surface area contributed by atoms with E-state index in [-0.39, 0.29) is 5.56 Å². The molecule has 0 atom stereocenters. The van der Waals surface area contributed by atoms with E-state index in [4.69, 9.17) is 16.2 Å². The van der Waals surface area contributed by atoms with E-state index in [0.717, 1.165) is 6.42 Å². The van der Waals surface area contributed by atoms with E-state index in [1.54, 1.807) is 12.1 Å². The first-order valence-electron chi connectivity index (χ1n) is 7.06. The Labute approximate surface area is 124 Å². The lowest BCUT2D eigenvalue weighted by Gasteiger charge is -2.10. The van der Waals surface area contributed by atoms with Gasteiger partial charge < -0.3 is 16.2 Å². The number of carbonyl (C=O) groups is 1. The molecule has 2 aromatic rings. The van der Waals surface area contributed by atoms with Crippen molar-refractivity contribution >= 4 is 11.6 Å². The summed E-state index contributed by atoms with van der Waals surface area (Å²) in [5, 5.41) is 0. The fourth-order valence-electron chi connectivity index (χ4n) is 2.06. The Morgan fingerprint density at radius 1 is 1.14 bits per heavy atom. The molecule has 0 saturated carbocycles. The molecular formula is C17H20N2O2. The molecule has 0 aliphatic rings. The third kappa shape index (κ3) is 3.99. The standard InChI is InChI=1S/C17H20N2O2/c1-2-3-4-12-5-8-14(9-6-12)21-16-10-7-13(18)11-15(16)17(19)20/h5-11H,2-4,18H2,1H3,(H2,19,20). The number of nitrogens with two attached hydrogens (primary N) is 2. The molecular weight excluding hydrogens is 264 g/mol. The predicted octanol–water partition coefficient (Wildman–Crippen LogP) is 3.50. The summed E-state index contributed by atoms with van der Waals surface area (Å²) in [5.41, 5.74) is 13.0. The first-order chi connectivity index (χ1) is 10.1. The van der Waals surface area contributed by atoms with Crippen LogP contribution in [-0.4, -0.2) is 5.91 Å². The van der Waals surface area contributed by atoms with Gasteiger partial charge in [-0.25, -0.2) is 0 Å². The van der Waals surface area contributed by atoms with E-state index in [1.165, 1.54) is 24.5 Å². The molecule has 0 aliphatic carbocycles. The maximum absolute atomic E-state index is 11.4. The van der Waals surface area contributed by atoms with Gasteiger partial charge in [0.05, 0.1) is 5.56 Å². The van der Waals surface area contributed by atoms with Crippen molar-refractivity contribution < 1.29 is 9.53 Å². The van der Waals surface area contributed by atoms with Crippen LogP contribution in [-0.2, 0) is 6.42 Å². The average molecular weight is 284 g/mol. The number of unbranched alkanes of at least 4 members (excludes halogenated alkanes) is 1. The van der Waals surface area contributed by atoms with Gasteiger partial charge in [-0.05, 0) is 48.7 Å². The van der Waals surface area contributed by atoms with Gasteiger partial charge in [0.2, 0.25) is 0 Å². The quantitative estimate of drug-likeness (QED) is 0.797. The number of nitrogen functional groups attached to an aromatic ring is 1. The minimum Gasteiger partial charge on any atom is -0.457 e. The van der Waals surface area contributed by atoms with Gasteiger partial charge in [0.1, 0.15) is 11.5 Å². The molecule has 2 rings (SSSR count). The summed E-state index contributed by atoms with van der Waals surface area (Å²) in [5.74, 6) is 0.525. The number of carbonyl (C=O) groups excluding carboxylic acids is 1. The summed E-state index contributed by atoms with van der Waals surface area (Å²) >= 11 is 0. The second kappa shape index (κ2) is 6.79. The highest BCUT2D eigenvalue weighted by Crippen LogP contribution is 2.27. The number of hydrogen-bond donors (Lipinski definition) is 2. The number of amides is 1. The Balaban J connectivity index is 2.16. The lowest BCUT2D eigenvalue weighted by atomic mass is 10.1. The first kappa shape index (κ1) is 14.9. The minimum absolute atomic E-state index is 0.282. The third-order valence-corrected chi connectivity index (χ3v) is 3.24. The molecule has 4 nitrogen and oxygen atoms in total. The van der Waals surface area contributed by atoms with Crippen molar-refractivity contribution in [3.05, 3.63) is 53.6 Å². The maximum Gasteiger partial charge on any atom is 0.252 e. The molecule has 0 unspecified atom stereocenters. The van der Waals surface area contributed by atoms with E-state index in [2.05, 4.69) is 6.92 Å². The second-order valence-corrected chi connectivity index (χ2v) is 4.97. The van der Waals surface area contributed by atoms with Crippen molar-refractivity contribution in [3.8, 4) is 11.5 Å². The molecule has 0 fully saturated rings. The molecule has 110 valence electrons. The van der Waals surface area contributed by atoms with Gasteiger partial charge in [-0.3, -0.25) is 4.79 Å². The van der Waals surface area contributed by atoms with E-state index >= 15 is 0 Å². The van der Waals surface area contributed by atoms with Crippen LogP contribution in [0.3, 0.4) is 0 Å².